The van der Waals surface area contributed by atoms with Crippen molar-refractivity contribution in [1.29, 1.82) is 5.26 Å². The zero-order valence-corrected chi connectivity index (χ0v) is 12.7. The lowest BCUT2D eigenvalue weighted by Gasteiger charge is -2.11. The molecule has 1 aromatic carbocycles. The number of thioether (sulfide) groups is 1. The highest BCUT2D eigenvalue weighted by atomic mass is 32.2. The van der Waals surface area contributed by atoms with Crippen molar-refractivity contribution in [3.05, 3.63) is 46.5 Å². The molecule has 0 aliphatic carbocycles. The topological polar surface area (TPSA) is 96.3 Å². The van der Waals surface area contributed by atoms with Crippen LogP contribution in [0.15, 0.2) is 35.4 Å². The van der Waals surface area contributed by atoms with E-state index < -0.39 is 5.97 Å². The molecule has 0 aromatic heterocycles. The zero-order chi connectivity index (χ0) is 16.0. The quantitative estimate of drug-likeness (QED) is 0.641. The van der Waals surface area contributed by atoms with Gasteiger partial charge in [0.25, 0.3) is 0 Å². The number of carbonyl (C=O) groups excluding carboxylic acids is 1. The van der Waals surface area contributed by atoms with Crippen molar-refractivity contribution < 1.29 is 14.6 Å². The van der Waals surface area contributed by atoms with Gasteiger partial charge in [0, 0.05) is 10.6 Å². The van der Waals surface area contributed by atoms with Crippen LogP contribution in [0.1, 0.15) is 25.0 Å². The Bertz CT molecular complexity index is 641. The van der Waals surface area contributed by atoms with E-state index in [9.17, 15) is 9.90 Å². The van der Waals surface area contributed by atoms with Crippen molar-refractivity contribution >= 4 is 22.6 Å². The molecule has 0 atom stereocenters. The van der Waals surface area contributed by atoms with Gasteiger partial charge in [-0.05, 0) is 31.5 Å². The highest BCUT2D eigenvalue weighted by Gasteiger charge is 2.17. The number of nitrogens with zero attached hydrogens (tertiary/aromatic N) is 1. The smallest absolute Gasteiger partial charge is 0.346 e. The molecule has 3 N–H and O–H groups in total. The van der Waals surface area contributed by atoms with E-state index in [-0.39, 0.29) is 22.8 Å². The van der Waals surface area contributed by atoms with E-state index in [4.69, 9.17) is 15.7 Å². The van der Waals surface area contributed by atoms with Gasteiger partial charge in [-0.3, -0.25) is 0 Å². The number of carbonyl (C=O) groups is 1. The number of nitriles is 1. The highest BCUT2D eigenvalue weighted by molar-refractivity contribution is 8.12. The fourth-order valence-electron chi connectivity index (χ4n) is 1.46. The maximum atomic E-state index is 11.8. The van der Waals surface area contributed by atoms with Crippen LogP contribution in [0.2, 0.25) is 0 Å². The molecule has 1 rings (SSSR count). The van der Waals surface area contributed by atoms with Crippen LogP contribution in [0.25, 0.3) is 4.91 Å². The lowest BCUT2D eigenvalue weighted by Crippen LogP contribution is -2.10. The van der Waals surface area contributed by atoms with Crippen molar-refractivity contribution in [2.45, 2.75) is 13.8 Å². The van der Waals surface area contributed by atoms with E-state index >= 15 is 0 Å². The summed E-state index contributed by atoms with van der Waals surface area (Å²) < 4.78 is 4.94. The number of phenols is 1. The van der Waals surface area contributed by atoms with Crippen molar-refractivity contribution in [3.8, 4) is 11.8 Å². The third-order valence-electron chi connectivity index (χ3n) is 2.48. The van der Waals surface area contributed by atoms with Crippen LogP contribution >= 0.6 is 11.8 Å². The lowest BCUT2D eigenvalue weighted by molar-refractivity contribution is -0.137. The molecule has 0 saturated carbocycles. The van der Waals surface area contributed by atoms with Gasteiger partial charge in [-0.2, -0.15) is 5.26 Å². The summed E-state index contributed by atoms with van der Waals surface area (Å²) in [6.45, 7) is 7.43. The van der Waals surface area contributed by atoms with E-state index in [1.54, 1.807) is 19.9 Å². The van der Waals surface area contributed by atoms with Gasteiger partial charge in [0.15, 0.2) is 0 Å². The minimum atomic E-state index is -0.511. The molecule has 0 heterocycles. The second kappa shape index (κ2) is 7.41. The molecule has 110 valence electrons. The molecule has 0 spiro atoms. The number of aromatic hydroxyl groups is 1. The molecular formula is C15H16N2O3S. The Morgan fingerprint density at radius 1 is 1.57 bits per heavy atom. The number of esters is 1. The molecule has 0 aliphatic heterocycles. The SMILES string of the molecule is C=C(S/C(C(=O)OCC)=C(/C)N)c1ccc(O)c(C#N)c1. The highest BCUT2D eigenvalue weighted by Crippen LogP contribution is 2.35. The number of ether oxygens (including phenoxy) is 1. The molecule has 21 heavy (non-hydrogen) atoms. The minimum absolute atomic E-state index is 0.102. The number of rotatable bonds is 5. The first kappa shape index (κ1) is 16.7. The molecule has 0 aliphatic rings. The normalized spacial score (nSPS) is 11.3. The van der Waals surface area contributed by atoms with Gasteiger partial charge < -0.3 is 15.6 Å². The Labute approximate surface area is 127 Å². The van der Waals surface area contributed by atoms with E-state index in [1.807, 2.05) is 6.07 Å². The summed E-state index contributed by atoms with van der Waals surface area (Å²) in [5.74, 6) is -0.613. The maximum absolute atomic E-state index is 11.8. The average Bonchev–Trinajstić information content (AvgIpc) is 2.44. The first-order chi connectivity index (χ1) is 9.90. The first-order valence-corrected chi connectivity index (χ1v) is 6.96. The lowest BCUT2D eigenvalue weighted by atomic mass is 10.1. The molecule has 0 saturated heterocycles. The third-order valence-corrected chi connectivity index (χ3v) is 3.66. The van der Waals surface area contributed by atoms with E-state index in [2.05, 4.69) is 6.58 Å². The molecule has 6 heteroatoms. The predicted octanol–water partition coefficient (Wildman–Crippen LogP) is 2.72. The molecule has 5 nitrogen and oxygen atoms in total. The number of allylic oxidation sites excluding steroid dienone is 1. The largest absolute Gasteiger partial charge is 0.507 e. The minimum Gasteiger partial charge on any atom is -0.507 e. The van der Waals surface area contributed by atoms with Crippen molar-refractivity contribution in [2.75, 3.05) is 6.61 Å². The van der Waals surface area contributed by atoms with Crippen molar-refractivity contribution in [1.82, 2.24) is 0 Å². The Morgan fingerprint density at radius 3 is 2.76 bits per heavy atom. The first-order valence-electron chi connectivity index (χ1n) is 6.14. The molecule has 0 unspecified atom stereocenters. The fraction of sp³-hybridized carbons (Fsp3) is 0.200. The van der Waals surface area contributed by atoms with Crippen molar-refractivity contribution in [2.24, 2.45) is 5.73 Å². The number of hydrogen-bond donors (Lipinski definition) is 2. The summed E-state index contributed by atoms with van der Waals surface area (Å²) >= 11 is 1.07. The summed E-state index contributed by atoms with van der Waals surface area (Å²) in [4.78, 5) is 12.6. The van der Waals surface area contributed by atoms with Gasteiger partial charge in [-0.15, -0.1) is 0 Å². The predicted molar refractivity (Wildman–Crippen MR) is 83.0 cm³/mol. The summed E-state index contributed by atoms with van der Waals surface area (Å²) in [5.41, 5.74) is 6.79. The number of phenolic OH excluding ortho intramolecular Hbond substituents is 1. The summed E-state index contributed by atoms with van der Waals surface area (Å²) in [6, 6.07) is 6.40. The molecule has 0 amide bonds. The molecule has 0 fully saturated rings. The van der Waals surface area contributed by atoms with Crippen LogP contribution in [0.4, 0.5) is 0 Å². The molecule has 1 aromatic rings. The van der Waals surface area contributed by atoms with Crippen LogP contribution in [0.5, 0.6) is 5.75 Å². The molecular weight excluding hydrogens is 288 g/mol. The number of benzene rings is 1. The maximum Gasteiger partial charge on any atom is 0.346 e. The zero-order valence-electron chi connectivity index (χ0n) is 11.8. The summed E-state index contributed by atoms with van der Waals surface area (Å²) in [5, 5.41) is 18.4. The summed E-state index contributed by atoms with van der Waals surface area (Å²) in [7, 11) is 0. The Kier molecular flexibility index (Phi) is 5.88. The standard InChI is InChI=1S/C15H16N2O3S/c1-4-20-15(19)14(9(2)17)21-10(3)11-5-6-13(18)12(7-11)8-16/h5-7,18H,3-4,17H2,1-2H3/b14-9-. The number of nitrogens with two attached hydrogens (primary N) is 1. The van der Waals surface area contributed by atoms with Crippen LogP contribution in [0, 0.1) is 11.3 Å². The molecule has 0 bridgehead atoms. The summed E-state index contributed by atoms with van der Waals surface area (Å²) in [6.07, 6.45) is 0. The van der Waals surface area contributed by atoms with Crippen molar-refractivity contribution in [3.63, 3.8) is 0 Å². The van der Waals surface area contributed by atoms with E-state index in [0.717, 1.165) is 11.8 Å². The Morgan fingerprint density at radius 2 is 2.24 bits per heavy atom. The Balaban J connectivity index is 3.02. The average molecular weight is 304 g/mol. The van der Waals surface area contributed by atoms with Crippen LogP contribution in [0.3, 0.4) is 0 Å². The van der Waals surface area contributed by atoms with E-state index in [0.29, 0.717) is 16.2 Å². The second-order valence-corrected chi connectivity index (χ2v) is 5.21. The number of hydrogen-bond acceptors (Lipinski definition) is 6. The third kappa shape index (κ3) is 4.29. The fourth-order valence-corrected chi connectivity index (χ4v) is 2.26. The molecule has 0 radical (unpaired) electrons. The monoisotopic (exact) mass is 304 g/mol. The Hall–Kier alpha value is -2.39. The van der Waals surface area contributed by atoms with Gasteiger partial charge in [0.2, 0.25) is 0 Å². The second-order valence-electron chi connectivity index (χ2n) is 4.10. The van der Waals surface area contributed by atoms with Gasteiger partial charge in [-0.1, -0.05) is 24.4 Å². The van der Waals surface area contributed by atoms with Gasteiger partial charge in [0.05, 0.1) is 12.2 Å². The van der Waals surface area contributed by atoms with Gasteiger partial charge in [-0.25, -0.2) is 4.79 Å². The van der Waals surface area contributed by atoms with E-state index in [1.165, 1.54) is 12.1 Å². The van der Waals surface area contributed by atoms with Crippen LogP contribution < -0.4 is 5.73 Å². The van der Waals surface area contributed by atoms with Crippen LogP contribution in [-0.2, 0) is 9.53 Å². The van der Waals surface area contributed by atoms with Gasteiger partial charge in [0.1, 0.15) is 16.7 Å². The van der Waals surface area contributed by atoms with Gasteiger partial charge >= 0.3 is 5.97 Å². The van der Waals surface area contributed by atoms with Crippen LogP contribution in [-0.4, -0.2) is 17.7 Å².